The zero-order chi connectivity index (χ0) is 40.5. The number of hydrogen-bond acceptors (Lipinski definition) is 9. The Labute approximate surface area is 334 Å². The van der Waals surface area contributed by atoms with E-state index in [1.807, 2.05) is 0 Å². The summed E-state index contributed by atoms with van der Waals surface area (Å²) < 4.78 is 32.7. The van der Waals surface area contributed by atoms with Crippen LogP contribution in [0.15, 0.2) is 48.6 Å². The van der Waals surface area contributed by atoms with Crippen LogP contribution in [0.5, 0.6) is 0 Å². The molecule has 10 nitrogen and oxygen atoms in total. The number of phosphoric ester groups is 1. The molecule has 0 aliphatic rings. The van der Waals surface area contributed by atoms with E-state index in [9.17, 15) is 24.2 Å². The highest BCUT2D eigenvalue weighted by atomic mass is 31.2. The summed E-state index contributed by atoms with van der Waals surface area (Å²) >= 11 is 0. The highest BCUT2D eigenvalue weighted by Gasteiger charge is 2.27. The summed E-state index contributed by atoms with van der Waals surface area (Å²) in [7, 11) is -4.62. The molecule has 3 atom stereocenters. The number of ether oxygens (including phenoxy) is 2. The van der Waals surface area contributed by atoms with Crippen molar-refractivity contribution < 1.29 is 47.8 Å². The number of rotatable bonds is 40. The van der Waals surface area contributed by atoms with Gasteiger partial charge < -0.3 is 24.6 Å². The van der Waals surface area contributed by atoms with E-state index in [-0.39, 0.29) is 19.4 Å². The second-order valence-corrected chi connectivity index (χ2v) is 15.8. The predicted molar refractivity (Wildman–Crippen MR) is 224 cm³/mol. The molecule has 0 aromatic rings. The monoisotopic (exact) mass is 799 g/mol. The van der Waals surface area contributed by atoms with E-state index >= 15 is 0 Å². The lowest BCUT2D eigenvalue weighted by Gasteiger charge is -2.20. The molecular formula is C44H79O10P. The SMILES string of the molecule is CC/C=C\C/C=C\C/C=C\CCCCCCCC(=O)OC[C@H](COP(=O)(O)OC[C@@H](O)CO)OC(=O)CCCCCCCCC/C=C\CCCCCCCC. The van der Waals surface area contributed by atoms with Gasteiger partial charge in [-0.3, -0.25) is 18.6 Å². The zero-order valence-corrected chi connectivity index (χ0v) is 35.5. The Balaban J connectivity index is 4.33. The number of allylic oxidation sites excluding steroid dienone is 8. The van der Waals surface area contributed by atoms with Crippen molar-refractivity contribution in [2.45, 2.75) is 193 Å². The Morgan fingerprint density at radius 2 is 1.00 bits per heavy atom. The first-order valence-corrected chi connectivity index (χ1v) is 23.1. The van der Waals surface area contributed by atoms with Crippen molar-refractivity contribution in [1.29, 1.82) is 0 Å². The Kier molecular flexibility index (Phi) is 38.6. The fourth-order valence-electron chi connectivity index (χ4n) is 5.65. The molecule has 0 saturated carbocycles. The fraction of sp³-hybridized carbons (Fsp3) is 0.773. The molecular weight excluding hydrogens is 719 g/mol. The van der Waals surface area contributed by atoms with Gasteiger partial charge in [-0.15, -0.1) is 0 Å². The highest BCUT2D eigenvalue weighted by Crippen LogP contribution is 2.43. The van der Waals surface area contributed by atoms with Gasteiger partial charge in [0.2, 0.25) is 0 Å². The maximum atomic E-state index is 12.6. The van der Waals surface area contributed by atoms with Gasteiger partial charge in [0.05, 0.1) is 19.8 Å². The molecule has 0 heterocycles. The van der Waals surface area contributed by atoms with Crippen LogP contribution in [-0.2, 0) is 32.7 Å². The molecule has 0 bridgehead atoms. The van der Waals surface area contributed by atoms with Crippen molar-refractivity contribution in [3.8, 4) is 0 Å². The maximum absolute atomic E-state index is 12.6. The molecule has 3 N–H and O–H groups in total. The van der Waals surface area contributed by atoms with Gasteiger partial charge in [0.15, 0.2) is 6.10 Å². The van der Waals surface area contributed by atoms with Gasteiger partial charge >= 0.3 is 19.8 Å². The summed E-state index contributed by atoms with van der Waals surface area (Å²) in [5.74, 6) is -0.950. The lowest BCUT2D eigenvalue weighted by atomic mass is 10.1. The molecule has 0 rings (SSSR count). The summed E-state index contributed by atoms with van der Waals surface area (Å²) in [6, 6.07) is 0. The molecule has 0 fully saturated rings. The van der Waals surface area contributed by atoms with Crippen LogP contribution < -0.4 is 0 Å². The smallest absolute Gasteiger partial charge is 0.462 e. The number of phosphoric acid groups is 1. The van der Waals surface area contributed by atoms with Crippen molar-refractivity contribution in [2.24, 2.45) is 0 Å². The maximum Gasteiger partial charge on any atom is 0.472 e. The first-order chi connectivity index (χ1) is 26.7. The summed E-state index contributed by atoms with van der Waals surface area (Å²) in [6.45, 7) is 2.24. The predicted octanol–water partition coefficient (Wildman–Crippen LogP) is 11.3. The summed E-state index contributed by atoms with van der Waals surface area (Å²) in [5.41, 5.74) is 0. The van der Waals surface area contributed by atoms with E-state index in [1.54, 1.807) is 0 Å². The summed E-state index contributed by atoms with van der Waals surface area (Å²) in [4.78, 5) is 35.0. The Bertz CT molecular complexity index is 1060. The number of carbonyl (C=O) groups is 2. The van der Waals surface area contributed by atoms with Crippen LogP contribution in [0.25, 0.3) is 0 Å². The molecule has 0 aliphatic carbocycles. The Morgan fingerprint density at radius 3 is 1.53 bits per heavy atom. The molecule has 1 unspecified atom stereocenters. The molecule has 0 saturated heterocycles. The van der Waals surface area contributed by atoms with Crippen LogP contribution in [0.3, 0.4) is 0 Å². The van der Waals surface area contributed by atoms with E-state index in [1.165, 1.54) is 64.2 Å². The number of aliphatic hydroxyl groups excluding tert-OH is 2. The largest absolute Gasteiger partial charge is 0.472 e. The molecule has 0 aromatic carbocycles. The van der Waals surface area contributed by atoms with Crippen LogP contribution >= 0.6 is 7.82 Å². The third kappa shape index (κ3) is 39.9. The topological polar surface area (TPSA) is 149 Å². The van der Waals surface area contributed by atoms with Gasteiger partial charge in [-0.2, -0.15) is 0 Å². The zero-order valence-electron chi connectivity index (χ0n) is 34.6. The minimum Gasteiger partial charge on any atom is -0.462 e. The third-order valence-electron chi connectivity index (χ3n) is 8.97. The van der Waals surface area contributed by atoms with Gasteiger partial charge in [0.25, 0.3) is 0 Å². The van der Waals surface area contributed by atoms with Gasteiger partial charge in [0, 0.05) is 12.8 Å². The van der Waals surface area contributed by atoms with Gasteiger partial charge in [-0.1, -0.05) is 146 Å². The van der Waals surface area contributed by atoms with Crippen molar-refractivity contribution in [2.75, 3.05) is 26.4 Å². The summed E-state index contributed by atoms with van der Waals surface area (Å²) in [6.07, 6.45) is 42.2. The number of esters is 2. The van der Waals surface area contributed by atoms with Crippen molar-refractivity contribution in [3.63, 3.8) is 0 Å². The second kappa shape index (κ2) is 40.1. The normalized spacial score (nSPS) is 14.3. The van der Waals surface area contributed by atoms with Crippen LogP contribution in [0.1, 0.15) is 181 Å². The molecule has 0 amide bonds. The number of carbonyl (C=O) groups excluding carboxylic acids is 2. The van der Waals surface area contributed by atoms with Crippen LogP contribution in [0, 0.1) is 0 Å². The van der Waals surface area contributed by atoms with E-state index < -0.39 is 51.8 Å². The number of aliphatic hydroxyl groups is 2. The van der Waals surface area contributed by atoms with Crippen LogP contribution in [0.4, 0.5) is 0 Å². The highest BCUT2D eigenvalue weighted by molar-refractivity contribution is 7.47. The second-order valence-electron chi connectivity index (χ2n) is 14.3. The molecule has 0 aromatic heterocycles. The molecule has 0 radical (unpaired) electrons. The number of hydrogen-bond donors (Lipinski definition) is 3. The molecule has 320 valence electrons. The average Bonchev–Trinajstić information content (AvgIpc) is 3.17. The quantitative estimate of drug-likeness (QED) is 0.0237. The standard InChI is InChI=1S/C44H79O10P/c1-3-5-7-9-11-13-15-17-19-20-22-24-26-28-30-32-34-36-44(48)54-42(40-53-55(49,50)52-38-41(46)37-45)39-51-43(47)35-33-31-29-27-25-23-21-18-16-14-12-10-8-6-4-2/h6,8,12,14,17-19,21,41-42,45-46H,3-5,7,9-11,13,15-16,20,22-40H2,1-2H3,(H,49,50)/b8-6-,14-12-,19-17-,21-18-/t41-,42+/m0/s1. The van der Waals surface area contributed by atoms with Crippen molar-refractivity contribution in [3.05, 3.63) is 48.6 Å². The van der Waals surface area contributed by atoms with E-state index in [0.29, 0.717) is 12.8 Å². The molecule has 55 heavy (non-hydrogen) atoms. The lowest BCUT2D eigenvalue weighted by Crippen LogP contribution is -2.29. The molecule has 0 spiro atoms. The first-order valence-electron chi connectivity index (χ1n) is 21.6. The molecule has 0 aliphatic heterocycles. The Hall–Kier alpha value is -2.07. The van der Waals surface area contributed by atoms with Crippen LogP contribution in [-0.4, -0.2) is 65.7 Å². The number of unbranched alkanes of at least 4 members (excludes halogenated alkanes) is 18. The van der Waals surface area contributed by atoms with E-state index in [0.717, 1.165) is 77.0 Å². The summed E-state index contributed by atoms with van der Waals surface area (Å²) in [5, 5.41) is 18.3. The fourth-order valence-corrected chi connectivity index (χ4v) is 6.44. The minimum atomic E-state index is -4.62. The first kappa shape index (κ1) is 52.9. The van der Waals surface area contributed by atoms with Gasteiger partial charge in [-0.05, 0) is 70.6 Å². The lowest BCUT2D eigenvalue weighted by molar-refractivity contribution is -0.161. The van der Waals surface area contributed by atoms with Crippen molar-refractivity contribution >= 4 is 19.8 Å². The van der Waals surface area contributed by atoms with Gasteiger partial charge in [-0.25, -0.2) is 4.57 Å². The van der Waals surface area contributed by atoms with E-state index in [2.05, 4.69) is 67.0 Å². The third-order valence-corrected chi connectivity index (χ3v) is 9.92. The van der Waals surface area contributed by atoms with Crippen LogP contribution in [0.2, 0.25) is 0 Å². The molecule has 11 heteroatoms. The van der Waals surface area contributed by atoms with E-state index in [4.69, 9.17) is 19.1 Å². The van der Waals surface area contributed by atoms with Crippen molar-refractivity contribution in [1.82, 2.24) is 0 Å². The Morgan fingerprint density at radius 1 is 0.564 bits per heavy atom. The minimum absolute atomic E-state index is 0.174. The average molecular weight is 799 g/mol. The van der Waals surface area contributed by atoms with Gasteiger partial charge in [0.1, 0.15) is 12.7 Å².